The molecule has 0 bridgehead atoms. The Morgan fingerprint density at radius 2 is 1.91 bits per heavy atom. The van der Waals surface area contributed by atoms with E-state index in [2.05, 4.69) is 17.6 Å². The second-order valence-corrected chi connectivity index (χ2v) is 10.9. The topological polar surface area (TPSA) is 98.8 Å². The van der Waals surface area contributed by atoms with E-state index in [1.165, 1.54) is 10.4 Å². The summed E-state index contributed by atoms with van der Waals surface area (Å²) in [5, 5.41) is 5.90. The zero-order valence-corrected chi connectivity index (χ0v) is 20.0. The summed E-state index contributed by atoms with van der Waals surface area (Å²) in [5.41, 5.74) is 0.468. The van der Waals surface area contributed by atoms with Gasteiger partial charge in [-0.15, -0.1) is 0 Å². The van der Waals surface area contributed by atoms with Crippen molar-refractivity contribution in [2.45, 2.75) is 63.3 Å². The average Bonchev–Trinajstić information content (AvgIpc) is 3.30. The van der Waals surface area contributed by atoms with Crippen molar-refractivity contribution in [3.8, 4) is 0 Å². The summed E-state index contributed by atoms with van der Waals surface area (Å²) in [6, 6.07) is 6.60. The van der Waals surface area contributed by atoms with Crippen molar-refractivity contribution in [1.29, 1.82) is 0 Å². The molecule has 0 aromatic heterocycles. The van der Waals surface area contributed by atoms with Gasteiger partial charge < -0.3 is 10.6 Å². The van der Waals surface area contributed by atoms with Crippen LogP contribution in [-0.4, -0.2) is 68.2 Å². The van der Waals surface area contributed by atoms with Gasteiger partial charge in [-0.25, -0.2) is 8.42 Å². The molecular weight excluding hydrogens is 428 g/mol. The number of amides is 2. The van der Waals surface area contributed by atoms with E-state index in [9.17, 15) is 18.0 Å². The molecule has 3 rings (SSSR count). The molecule has 0 aliphatic carbocycles. The first-order valence-corrected chi connectivity index (χ1v) is 13.2. The van der Waals surface area contributed by atoms with Crippen molar-refractivity contribution < 1.29 is 18.0 Å². The second-order valence-electron chi connectivity index (χ2n) is 8.96. The molecule has 2 amide bonds. The summed E-state index contributed by atoms with van der Waals surface area (Å²) >= 11 is 0. The van der Waals surface area contributed by atoms with Gasteiger partial charge in [-0.1, -0.05) is 19.4 Å². The maximum Gasteiger partial charge on any atom is 0.243 e. The van der Waals surface area contributed by atoms with Crippen LogP contribution < -0.4 is 10.6 Å². The average molecular weight is 465 g/mol. The monoisotopic (exact) mass is 464 g/mol. The number of likely N-dealkylation sites (tertiary alicyclic amines) is 1. The lowest BCUT2D eigenvalue weighted by Gasteiger charge is -2.32. The predicted octanol–water partition coefficient (Wildman–Crippen LogP) is 2.43. The Labute approximate surface area is 191 Å². The van der Waals surface area contributed by atoms with Crippen LogP contribution in [0.5, 0.6) is 0 Å². The first kappa shape index (κ1) is 24.7. The fourth-order valence-corrected chi connectivity index (χ4v) is 6.06. The fraction of sp³-hybridized carbons (Fsp3) is 0.652. The van der Waals surface area contributed by atoms with Crippen molar-refractivity contribution in [3.63, 3.8) is 0 Å². The SMILES string of the molecule is CCCC(C)NC(=O)C1CCCN(CC(=O)Nc2cccc(S(=O)(=O)N3CCCC3)c2)C1. The van der Waals surface area contributed by atoms with Gasteiger partial charge in [-0.05, 0) is 63.8 Å². The van der Waals surface area contributed by atoms with E-state index in [4.69, 9.17) is 0 Å². The van der Waals surface area contributed by atoms with Gasteiger partial charge in [-0.2, -0.15) is 4.31 Å². The maximum absolute atomic E-state index is 12.8. The van der Waals surface area contributed by atoms with Gasteiger partial charge in [0.2, 0.25) is 21.8 Å². The molecule has 9 heteroatoms. The molecule has 32 heavy (non-hydrogen) atoms. The summed E-state index contributed by atoms with van der Waals surface area (Å²) in [5.74, 6) is -0.248. The van der Waals surface area contributed by atoms with Crippen LogP contribution in [0.2, 0.25) is 0 Å². The third kappa shape index (κ3) is 6.52. The number of nitrogens with zero attached hydrogens (tertiary/aromatic N) is 2. The predicted molar refractivity (Wildman–Crippen MR) is 125 cm³/mol. The molecular formula is C23H36N4O4S. The quantitative estimate of drug-likeness (QED) is 0.585. The van der Waals surface area contributed by atoms with Crippen molar-refractivity contribution in [2.75, 3.05) is 38.0 Å². The van der Waals surface area contributed by atoms with E-state index >= 15 is 0 Å². The normalized spacial score (nSPS) is 21.2. The largest absolute Gasteiger partial charge is 0.353 e. The van der Waals surface area contributed by atoms with Gasteiger partial charge in [0.25, 0.3) is 0 Å². The number of hydrogen-bond donors (Lipinski definition) is 2. The number of carbonyl (C=O) groups is 2. The lowest BCUT2D eigenvalue weighted by molar-refractivity contribution is -0.128. The molecule has 2 unspecified atom stereocenters. The third-order valence-electron chi connectivity index (χ3n) is 6.17. The van der Waals surface area contributed by atoms with Gasteiger partial charge in [0.1, 0.15) is 0 Å². The van der Waals surface area contributed by atoms with Crippen LogP contribution in [0.25, 0.3) is 0 Å². The van der Waals surface area contributed by atoms with Crippen molar-refractivity contribution in [2.24, 2.45) is 5.92 Å². The summed E-state index contributed by atoms with van der Waals surface area (Å²) in [6.07, 6.45) is 5.44. The summed E-state index contributed by atoms with van der Waals surface area (Å²) in [7, 11) is -3.53. The Kier molecular flexibility index (Phi) is 8.67. The highest BCUT2D eigenvalue weighted by molar-refractivity contribution is 7.89. The van der Waals surface area contributed by atoms with Crippen LogP contribution in [0.3, 0.4) is 0 Å². The molecule has 178 valence electrons. The number of carbonyl (C=O) groups excluding carboxylic acids is 2. The zero-order chi connectivity index (χ0) is 23.1. The minimum absolute atomic E-state index is 0.0656. The number of benzene rings is 1. The highest BCUT2D eigenvalue weighted by Crippen LogP contribution is 2.23. The Bertz CT molecular complexity index is 899. The van der Waals surface area contributed by atoms with E-state index in [0.29, 0.717) is 25.3 Å². The van der Waals surface area contributed by atoms with Gasteiger partial charge in [0.15, 0.2) is 0 Å². The lowest BCUT2D eigenvalue weighted by Crippen LogP contribution is -2.47. The van der Waals surface area contributed by atoms with Crippen LogP contribution in [0.15, 0.2) is 29.2 Å². The van der Waals surface area contributed by atoms with E-state index < -0.39 is 10.0 Å². The molecule has 2 aliphatic rings. The van der Waals surface area contributed by atoms with Gasteiger partial charge in [-0.3, -0.25) is 14.5 Å². The standard InChI is InChI=1S/C23H36N4O4S/c1-3-8-18(2)24-23(29)19-9-7-12-26(16-19)17-22(28)25-20-10-6-11-21(15-20)32(30,31)27-13-4-5-14-27/h6,10-11,15,18-19H,3-5,7-9,12-14,16-17H2,1-2H3,(H,24,29)(H,25,28). The summed E-state index contributed by atoms with van der Waals surface area (Å²) in [6.45, 7) is 6.71. The first-order valence-electron chi connectivity index (χ1n) is 11.7. The van der Waals surface area contributed by atoms with Crippen LogP contribution in [0.4, 0.5) is 5.69 Å². The minimum atomic E-state index is -3.53. The lowest BCUT2D eigenvalue weighted by atomic mass is 9.96. The highest BCUT2D eigenvalue weighted by atomic mass is 32.2. The van der Waals surface area contributed by atoms with Crippen LogP contribution in [0.1, 0.15) is 52.4 Å². The Hall–Kier alpha value is -1.97. The molecule has 0 saturated carbocycles. The Morgan fingerprint density at radius 1 is 1.16 bits per heavy atom. The second kappa shape index (κ2) is 11.2. The van der Waals surface area contributed by atoms with Gasteiger partial charge in [0, 0.05) is 31.4 Å². The number of anilines is 1. The molecule has 2 heterocycles. The smallest absolute Gasteiger partial charge is 0.243 e. The van der Waals surface area contributed by atoms with Crippen molar-refractivity contribution >= 4 is 27.5 Å². The number of rotatable bonds is 9. The number of piperidine rings is 1. The molecule has 2 fully saturated rings. The zero-order valence-electron chi connectivity index (χ0n) is 19.2. The van der Waals surface area contributed by atoms with E-state index in [0.717, 1.165) is 45.1 Å². The van der Waals surface area contributed by atoms with Gasteiger partial charge >= 0.3 is 0 Å². The van der Waals surface area contributed by atoms with E-state index in [1.54, 1.807) is 18.2 Å². The van der Waals surface area contributed by atoms with Crippen LogP contribution in [0, 0.1) is 5.92 Å². The fourth-order valence-electron chi connectivity index (χ4n) is 4.49. The Balaban J connectivity index is 1.55. The molecule has 2 aliphatic heterocycles. The molecule has 0 spiro atoms. The van der Waals surface area contributed by atoms with Crippen molar-refractivity contribution in [3.05, 3.63) is 24.3 Å². The van der Waals surface area contributed by atoms with Crippen molar-refractivity contribution in [1.82, 2.24) is 14.5 Å². The Morgan fingerprint density at radius 3 is 2.62 bits per heavy atom. The van der Waals surface area contributed by atoms with Crippen LogP contribution >= 0.6 is 0 Å². The minimum Gasteiger partial charge on any atom is -0.353 e. The van der Waals surface area contributed by atoms with E-state index in [1.807, 2.05) is 11.8 Å². The molecule has 2 atom stereocenters. The summed E-state index contributed by atoms with van der Waals surface area (Å²) in [4.78, 5) is 27.4. The van der Waals surface area contributed by atoms with Crippen LogP contribution in [-0.2, 0) is 19.6 Å². The molecule has 2 N–H and O–H groups in total. The molecule has 1 aromatic carbocycles. The van der Waals surface area contributed by atoms with E-state index in [-0.39, 0.29) is 35.2 Å². The molecule has 0 radical (unpaired) electrons. The third-order valence-corrected chi connectivity index (χ3v) is 8.07. The number of nitrogens with one attached hydrogen (secondary N) is 2. The number of hydrogen-bond acceptors (Lipinski definition) is 5. The highest BCUT2D eigenvalue weighted by Gasteiger charge is 2.29. The maximum atomic E-state index is 12.8. The van der Waals surface area contributed by atoms with Gasteiger partial charge in [0.05, 0.1) is 17.4 Å². The molecule has 2 saturated heterocycles. The summed E-state index contributed by atoms with van der Waals surface area (Å²) < 4.78 is 27.0. The molecule has 1 aromatic rings. The first-order chi connectivity index (χ1) is 15.3. The number of sulfonamides is 1. The molecule has 8 nitrogen and oxygen atoms in total.